The Balaban J connectivity index is 1.67. The second-order valence-electron chi connectivity index (χ2n) is 5.63. The van der Waals surface area contributed by atoms with E-state index in [0.717, 1.165) is 48.3 Å². The number of ketones is 1. The van der Waals surface area contributed by atoms with E-state index in [1.54, 1.807) is 0 Å². The summed E-state index contributed by atoms with van der Waals surface area (Å²) >= 11 is 0. The highest BCUT2D eigenvalue weighted by Gasteiger charge is 2.20. The zero-order valence-corrected chi connectivity index (χ0v) is 11.9. The standard InChI is InChI=1S/C17H20O3/c1-12(17(18)14-5-3-2-4-6-14)9-13-7-8-15-16(10-13)20-11-19-15/h5,7-8,10,12H,2-4,6,9,11H2,1H3. The summed E-state index contributed by atoms with van der Waals surface area (Å²) in [4.78, 5) is 12.4. The highest BCUT2D eigenvalue weighted by molar-refractivity contribution is 5.97. The second kappa shape index (κ2) is 5.70. The summed E-state index contributed by atoms with van der Waals surface area (Å²) in [7, 11) is 0. The summed E-state index contributed by atoms with van der Waals surface area (Å²) in [5, 5.41) is 0. The lowest BCUT2D eigenvalue weighted by Crippen LogP contribution is -2.17. The molecule has 0 saturated carbocycles. The molecule has 0 bridgehead atoms. The van der Waals surface area contributed by atoms with Crippen LogP contribution in [0.4, 0.5) is 0 Å². The Bertz CT molecular complexity index is 545. The number of Topliss-reactive ketones (excluding diaryl/α,β-unsaturated/α-hetero) is 1. The minimum atomic E-state index is 0.0275. The van der Waals surface area contributed by atoms with Crippen LogP contribution < -0.4 is 9.47 Å². The molecule has 1 aromatic carbocycles. The quantitative estimate of drug-likeness (QED) is 0.839. The molecule has 0 saturated heterocycles. The number of carbonyl (C=O) groups is 1. The molecule has 0 amide bonds. The molecule has 3 heteroatoms. The van der Waals surface area contributed by atoms with Crippen LogP contribution in [0.2, 0.25) is 0 Å². The third-order valence-electron chi connectivity index (χ3n) is 4.03. The van der Waals surface area contributed by atoms with Crippen LogP contribution in [0.3, 0.4) is 0 Å². The van der Waals surface area contributed by atoms with Gasteiger partial charge < -0.3 is 9.47 Å². The fraction of sp³-hybridized carbons (Fsp3) is 0.471. The third kappa shape index (κ3) is 2.72. The minimum Gasteiger partial charge on any atom is -0.454 e. The predicted molar refractivity (Wildman–Crippen MR) is 77.0 cm³/mol. The smallest absolute Gasteiger partial charge is 0.231 e. The third-order valence-corrected chi connectivity index (χ3v) is 4.03. The van der Waals surface area contributed by atoms with E-state index in [0.29, 0.717) is 12.6 Å². The molecule has 1 aliphatic heterocycles. The van der Waals surface area contributed by atoms with Gasteiger partial charge in [0.2, 0.25) is 6.79 Å². The van der Waals surface area contributed by atoms with Gasteiger partial charge in [0.25, 0.3) is 0 Å². The SMILES string of the molecule is CC(Cc1ccc2c(c1)OCO2)C(=O)C1=CCCCC1. The zero-order chi connectivity index (χ0) is 13.9. The molecule has 0 fully saturated rings. The van der Waals surface area contributed by atoms with Crippen molar-refractivity contribution < 1.29 is 14.3 Å². The highest BCUT2D eigenvalue weighted by Crippen LogP contribution is 2.33. The molecule has 106 valence electrons. The van der Waals surface area contributed by atoms with Gasteiger partial charge in [-0.05, 0) is 55.4 Å². The van der Waals surface area contributed by atoms with Crippen LogP contribution in [0.25, 0.3) is 0 Å². The summed E-state index contributed by atoms with van der Waals surface area (Å²) in [6.07, 6.45) is 7.25. The van der Waals surface area contributed by atoms with E-state index in [1.807, 2.05) is 25.1 Å². The molecule has 20 heavy (non-hydrogen) atoms. The van der Waals surface area contributed by atoms with Gasteiger partial charge in [0.05, 0.1) is 0 Å². The Morgan fingerprint density at radius 1 is 1.25 bits per heavy atom. The van der Waals surface area contributed by atoms with Crippen molar-refractivity contribution >= 4 is 5.78 Å². The monoisotopic (exact) mass is 272 g/mol. The highest BCUT2D eigenvalue weighted by atomic mass is 16.7. The Morgan fingerprint density at radius 2 is 2.10 bits per heavy atom. The number of allylic oxidation sites excluding steroid dienone is 2. The Hall–Kier alpha value is -1.77. The van der Waals surface area contributed by atoms with Crippen molar-refractivity contribution in [3.05, 3.63) is 35.4 Å². The summed E-state index contributed by atoms with van der Waals surface area (Å²) in [5.74, 6) is 1.92. The molecule has 1 aliphatic carbocycles. The largest absolute Gasteiger partial charge is 0.454 e. The van der Waals surface area contributed by atoms with Crippen LogP contribution in [0.5, 0.6) is 11.5 Å². The maximum atomic E-state index is 12.4. The number of rotatable bonds is 4. The van der Waals surface area contributed by atoms with Crippen molar-refractivity contribution in [1.82, 2.24) is 0 Å². The summed E-state index contributed by atoms with van der Waals surface area (Å²) < 4.78 is 10.7. The fourth-order valence-corrected chi connectivity index (χ4v) is 2.89. The number of hydrogen-bond donors (Lipinski definition) is 0. The molecular weight excluding hydrogens is 252 g/mol. The van der Waals surface area contributed by atoms with E-state index >= 15 is 0 Å². The van der Waals surface area contributed by atoms with Crippen LogP contribution in [-0.4, -0.2) is 12.6 Å². The minimum absolute atomic E-state index is 0.0275. The lowest BCUT2D eigenvalue weighted by atomic mass is 9.87. The van der Waals surface area contributed by atoms with Crippen molar-refractivity contribution in [2.45, 2.75) is 39.0 Å². The first-order valence-electron chi connectivity index (χ1n) is 7.36. The molecule has 0 radical (unpaired) electrons. The van der Waals surface area contributed by atoms with E-state index in [-0.39, 0.29) is 5.92 Å². The zero-order valence-electron chi connectivity index (χ0n) is 11.9. The number of benzene rings is 1. The van der Waals surface area contributed by atoms with Gasteiger partial charge >= 0.3 is 0 Å². The molecule has 2 aliphatic rings. The average molecular weight is 272 g/mol. The van der Waals surface area contributed by atoms with E-state index < -0.39 is 0 Å². The average Bonchev–Trinajstić information content (AvgIpc) is 2.95. The van der Waals surface area contributed by atoms with Crippen molar-refractivity contribution in [2.24, 2.45) is 5.92 Å². The van der Waals surface area contributed by atoms with Crippen LogP contribution in [0.15, 0.2) is 29.8 Å². The number of carbonyl (C=O) groups excluding carboxylic acids is 1. The van der Waals surface area contributed by atoms with Crippen LogP contribution >= 0.6 is 0 Å². The topological polar surface area (TPSA) is 35.5 Å². The predicted octanol–water partition coefficient (Wildman–Crippen LogP) is 3.66. The molecular formula is C17H20O3. The fourth-order valence-electron chi connectivity index (χ4n) is 2.89. The summed E-state index contributed by atoms with van der Waals surface area (Å²) in [5.41, 5.74) is 2.16. The molecule has 1 atom stereocenters. The molecule has 1 aromatic rings. The van der Waals surface area contributed by atoms with E-state index in [2.05, 4.69) is 6.08 Å². The summed E-state index contributed by atoms with van der Waals surface area (Å²) in [6, 6.07) is 5.93. The van der Waals surface area contributed by atoms with Crippen LogP contribution in [0.1, 0.15) is 38.2 Å². The van der Waals surface area contributed by atoms with Gasteiger partial charge in [0.1, 0.15) is 0 Å². The van der Waals surface area contributed by atoms with Gasteiger partial charge in [-0.25, -0.2) is 0 Å². The normalized spacial score (nSPS) is 18.6. The molecule has 1 heterocycles. The molecule has 1 unspecified atom stereocenters. The van der Waals surface area contributed by atoms with Crippen molar-refractivity contribution in [3.63, 3.8) is 0 Å². The molecule has 0 spiro atoms. The lowest BCUT2D eigenvalue weighted by molar-refractivity contribution is -0.118. The van der Waals surface area contributed by atoms with Gasteiger partial charge in [-0.3, -0.25) is 4.79 Å². The first-order chi connectivity index (χ1) is 9.74. The van der Waals surface area contributed by atoms with Gasteiger partial charge in [-0.1, -0.05) is 19.1 Å². The number of fused-ring (bicyclic) bond motifs is 1. The molecule has 0 aromatic heterocycles. The second-order valence-corrected chi connectivity index (χ2v) is 5.63. The maximum Gasteiger partial charge on any atom is 0.231 e. The molecule has 3 rings (SSSR count). The van der Waals surface area contributed by atoms with E-state index in [1.165, 1.54) is 6.42 Å². The number of hydrogen-bond acceptors (Lipinski definition) is 3. The van der Waals surface area contributed by atoms with Gasteiger partial charge in [-0.2, -0.15) is 0 Å². The Morgan fingerprint density at radius 3 is 2.90 bits per heavy atom. The lowest BCUT2D eigenvalue weighted by Gasteiger charge is -2.16. The number of ether oxygens (including phenoxy) is 2. The van der Waals surface area contributed by atoms with E-state index in [4.69, 9.17) is 9.47 Å². The van der Waals surface area contributed by atoms with E-state index in [9.17, 15) is 4.79 Å². The molecule has 3 nitrogen and oxygen atoms in total. The van der Waals surface area contributed by atoms with Crippen molar-refractivity contribution in [1.29, 1.82) is 0 Å². The van der Waals surface area contributed by atoms with Crippen LogP contribution in [0, 0.1) is 5.92 Å². The van der Waals surface area contributed by atoms with Crippen LogP contribution in [-0.2, 0) is 11.2 Å². The summed E-state index contributed by atoms with van der Waals surface area (Å²) in [6.45, 7) is 2.31. The first kappa shape index (κ1) is 13.2. The Kier molecular flexibility index (Phi) is 3.77. The maximum absolute atomic E-state index is 12.4. The van der Waals surface area contributed by atoms with Crippen molar-refractivity contribution in [3.8, 4) is 11.5 Å². The molecule has 0 N–H and O–H groups in total. The van der Waals surface area contributed by atoms with Crippen molar-refractivity contribution in [2.75, 3.05) is 6.79 Å². The Labute approximate surface area is 119 Å². The van der Waals surface area contributed by atoms with Gasteiger partial charge in [0.15, 0.2) is 17.3 Å². The van der Waals surface area contributed by atoms with Gasteiger partial charge in [-0.15, -0.1) is 0 Å². The first-order valence-corrected chi connectivity index (χ1v) is 7.36. The van der Waals surface area contributed by atoms with Gasteiger partial charge in [0, 0.05) is 5.92 Å².